The molecule has 12 N–H and O–H groups in total. The van der Waals surface area contributed by atoms with Crippen LogP contribution in [0.15, 0.2) is 58.6 Å². The predicted octanol–water partition coefficient (Wildman–Crippen LogP) is 0.106. The Balaban J connectivity index is 2.27. The number of nitrogens with one attached hydrogen (secondary N) is 4. The average molecular weight is 710 g/mol. The maximum Gasteiger partial charge on any atom is 0.243 e. The number of hydrogen-bond donors (Lipinski definition) is 9. The smallest absolute Gasteiger partial charge is 0.243 e. The molecule has 0 bridgehead atoms. The second kappa shape index (κ2) is 20.6. The van der Waals surface area contributed by atoms with E-state index in [2.05, 4.69) is 36.3 Å². The Kier molecular flexibility index (Phi) is 16.7. The number of guanidine groups is 1. The zero-order valence-corrected chi connectivity index (χ0v) is 28.8. The van der Waals surface area contributed by atoms with Gasteiger partial charge >= 0.3 is 0 Å². The van der Waals surface area contributed by atoms with Crippen LogP contribution in [-0.4, -0.2) is 82.5 Å². The molecule has 5 amide bonds. The standard InChI is InChI=1S/C33H47N11O7/c1-18(2)15-24(34)29(48)42-26(16-20-6-10-22(45)11-7-20)31(50)40-25(5-4-14-38-33(35)36)30(49)39-19(3)28(47)41-27(32(51)43-44-37)17-21-8-12-23(46)13-9-21/h6-13,18-19,24-27,45-46H,4-5,14-17,34H2,1-3H3,(H,39,49)(H,40,50)(H,41,47)(H,42,48)(H4,35,36,38)/t19-,24-,25-,26-,27-/m0/s1. The number of azide groups is 1. The molecule has 0 aliphatic carbocycles. The van der Waals surface area contributed by atoms with Crippen molar-refractivity contribution in [2.45, 2.75) is 83.1 Å². The van der Waals surface area contributed by atoms with Crippen molar-refractivity contribution < 1.29 is 34.2 Å². The highest BCUT2D eigenvalue weighted by Crippen LogP contribution is 2.14. The molecule has 0 unspecified atom stereocenters. The maximum atomic E-state index is 13.7. The summed E-state index contributed by atoms with van der Waals surface area (Å²) >= 11 is 0. The van der Waals surface area contributed by atoms with E-state index in [1.165, 1.54) is 43.3 Å². The van der Waals surface area contributed by atoms with Gasteiger partial charge in [-0.3, -0.25) is 29.0 Å². The van der Waals surface area contributed by atoms with Crippen molar-refractivity contribution in [2.75, 3.05) is 6.54 Å². The van der Waals surface area contributed by atoms with Crippen LogP contribution in [0, 0.1) is 5.92 Å². The van der Waals surface area contributed by atoms with Crippen molar-refractivity contribution in [1.29, 1.82) is 0 Å². The highest BCUT2D eigenvalue weighted by atomic mass is 16.3. The first-order chi connectivity index (χ1) is 24.1. The summed E-state index contributed by atoms with van der Waals surface area (Å²) in [6, 6.07) is 5.99. The Morgan fingerprint density at radius 1 is 0.745 bits per heavy atom. The normalized spacial score (nSPS) is 13.7. The number of phenols is 2. The molecule has 0 radical (unpaired) electrons. The molecular weight excluding hydrogens is 662 g/mol. The molecule has 0 aliphatic rings. The van der Waals surface area contributed by atoms with Gasteiger partial charge in [0, 0.05) is 17.9 Å². The molecule has 0 aromatic heterocycles. The van der Waals surface area contributed by atoms with Crippen LogP contribution in [-0.2, 0) is 36.8 Å². The Morgan fingerprint density at radius 3 is 1.75 bits per heavy atom. The molecule has 2 aromatic carbocycles. The molecule has 51 heavy (non-hydrogen) atoms. The molecular formula is C33H47N11O7. The lowest BCUT2D eigenvalue weighted by molar-refractivity contribution is -0.134. The van der Waals surface area contributed by atoms with E-state index >= 15 is 0 Å². The molecule has 0 saturated carbocycles. The van der Waals surface area contributed by atoms with Crippen LogP contribution in [0.5, 0.6) is 11.5 Å². The number of carbonyl (C=O) groups excluding carboxylic acids is 5. The first kappa shape index (κ1) is 41.3. The number of nitrogens with two attached hydrogens (primary N) is 3. The lowest BCUT2D eigenvalue weighted by Crippen LogP contribution is -2.58. The molecule has 0 aliphatic heterocycles. The van der Waals surface area contributed by atoms with Gasteiger partial charge in [-0.05, 0) is 84.6 Å². The van der Waals surface area contributed by atoms with Gasteiger partial charge in [-0.1, -0.05) is 38.1 Å². The summed E-state index contributed by atoms with van der Waals surface area (Å²) in [7, 11) is 0. The summed E-state index contributed by atoms with van der Waals surface area (Å²) in [4.78, 5) is 72.3. The summed E-state index contributed by atoms with van der Waals surface area (Å²) < 4.78 is 0. The molecule has 0 heterocycles. The summed E-state index contributed by atoms with van der Waals surface area (Å²) in [5.41, 5.74) is 26.8. The van der Waals surface area contributed by atoms with Crippen molar-refractivity contribution in [2.24, 2.45) is 33.2 Å². The van der Waals surface area contributed by atoms with Gasteiger partial charge in [0.25, 0.3) is 0 Å². The van der Waals surface area contributed by atoms with Crippen LogP contribution >= 0.6 is 0 Å². The third-order valence-corrected chi connectivity index (χ3v) is 7.54. The Labute approximate surface area is 295 Å². The number of aliphatic imine (C=N–C) groups is 1. The van der Waals surface area contributed by atoms with Gasteiger partial charge in [0.2, 0.25) is 29.5 Å². The van der Waals surface area contributed by atoms with Crippen molar-refractivity contribution >= 4 is 35.5 Å². The van der Waals surface area contributed by atoms with Gasteiger partial charge in [-0.25, -0.2) is 0 Å². The van der Waals surface area contributed by atoms with Crippen LogP contribution < -0.4 is 38.5 Å². The second-order valence-corrected chi connectivity index (χ2v) is 12.4. The van der Waals surface area contributed by atoms with E-state index in [1.54, 1.807) is 12.1 Å². The van der Waals surface area contributed by atoms with Crippen LogP contribution in [0.3, 0.4) is 0 Å². The number of rotatable bonds is 19. The van der Waals surface area contributed by atoms with E-state index in [1.807, 2.05) is 13.8 Å². The summed E-state index contributed by atoms with van der Waals surface area (Å²) in [6.45, 7) is 5.27. The predicted molar refractivity (Wildman–Crippen MR) is 189 cm³/mol. The molecule has 0 saturated heterocycles. The Hall–Kier alpha value is -5.87. The Bertz CT molecular complexity index is 1570. The van der Waals surface area contributed by atoms with E-state index in [0.717, 1.165) is 0 Å². The van der Waals surface area contributed by atoms with Crippen LogP contribution in [0.25, 0.3) is 10.4 Å². The minimum atomic E-state index is -1.29. The van der Waals surface area contributed by atoms with E-state index in [0.29, 0.717) is 17.5 Å². The molecule has 0 spiro atoms. The zero-order chi connectivity index (χ0) is 38.1. The monoisotopic (exact) mass is 709 g/mol. The number of aromatic hydroxyl groups is 2. The van der Waals surface area contributed by atoms with Crippen LogP contribution in [0.1, 0.15) is 51.2 Å². The van der Waals surface area contributed by atoms with Crippen molar-refractivity contribution in [3.8, 4) is 11.5 Å². The van der Waals surface area contributed by atoms with E-state index in [-0.39, 0.29) is 55.6 Å². The number of benzene rings is 2. The minimum absolute atomic E-state index is 0.00493. The van der Waals surface area contributed by atoms with Gasteiger partial charge in [0.05, 0.1) is 12.1 Å². The Morgan fingerprint density at radius 2 is 1.24 bits per heavy atom. The lowest BCUT2D eigenvalue weighted by atomic mass is 10.0. The first-order valence-electron chi connectivity index (χ1n) is 16.3. The third kappa shape index (κ3) is 15.1. The third-order valence-electron chi connectivity index (χ3n) is 7.54. The summed E-state index contributed by atoms with van der Waals surface area (Å²) in [5, 5.41) is 32.6. The number of amides is 5. The van der Waals surface area contributed by atoms with Crippen LogP contribution in [0.4, 0.5) is 0 Å². The minimum Gasteiger partial charge on any atom is -0.508 e. The fourth-order valence-corrected chi connectivity index (χ4v) is 4.87. The average Bonchev–Trinajstić information content (AvgIpc) is 3.06. The fourth-order valence-electron chi connectivity index (χ4n) is 4.87. The van der Waals surface area contributed by atoms with Gasteiger partial charge < -0.3 is 48.7 Å². The van der Waals surface area contributed by atoms with E-state index < -0.39 is 59.7 Å². The summed E-state index contributed by atoms with van der Waals surface area (Å²) in [6.07, 6.45) is 0.534. The lowest BCUT2D eigenvalue weighted by Gasteiger charge is -2.26. The largest absolute Gasteiger partial charge is 0.508 e. The van der Waals surface area contributed by atoms with Gasteiger partial charge in [-0.2, -0.15) is 0 Å². The molecule has 276 valence electrons. The molecule has 18 nitrogen and oxygen atoms in total. The number of hydrogen-bond acceptors (Lipinski definition) is 9. The number of carbonyl (C=O) groups is 5. The van der Waals surface area contributed by atoms with E-state index in [4.69, 9.17) is 22.7 Å². The van der Waals surface area contributed by atoms with Crippen LogP contribution in [0.2, 0.25) is 0 Å². The number of phenolic OH excluding ortho intramolecular Hbond substituents is 2. The highest BCUT2D eigenvalue weighted by Gasteiger charge is 2.31. The topological polar surface area (TPSA) is 313 Å². The maximum absolute atomic E-state index is 13.7. The van der Waals surface area contributed by atoms with Gasteiger partial charge in [0.1, 0.15) is 29.6 Å². The van der Waals surface area contributed by atoms with Crippen molar-refractivity contribution in [3.63, 3.8) is 0 Å². The molecule has 2 aromatic rings. The van der Waals surface area contributed by atoms with Gasteiger partial charge in [0.15, 0.2) is 5.96 Å². The highest BCUT2D eigenvalue weighted by molar-refractivity contribution is 5.96. The molecule has 0 fully saturated rings. The SMILES string of the molecule is CC(C)C[C@H](N)C(=O)N[C@@H](Cc1ccc(O)cc1)C(=O)N[C@@H](CCCN=C(N)N)C(=O)N[C@@H](C)C(=O)N[C@@H](Cc1ccc(O)cc1)C(=O)N=[N+]=[N-]. The molecule has 5 atom stereocenters. The second-order valence-electron chi connectivity index (χ2n) is 12.4. The van der Waals surface area contributed by atoms with Crippen molar-refractivity contribution in [1.82, 2.24) is 21.3 Å². The first-order valence-corrected chi connectivity index (χ1v) is 16.3. The quantitative estimate of drug-likeness (QED) is 0.0237. The fraction of sp³-hybridized carbons (Fsp3) is 0.455. The van der Waals surface area contributed by atoms with Gasteiger partial charge in [-0.15, -0.1) is 0 Å². The molecule has 2 rings (SSSR count). The van der Waals surface area contributed by atoms with E-state index in [9.17, 15) is 34.2 Å². The zero-order valence-electron chi connectivity index (χ0n) is 28.8. The summed E-state index contributed by atoms with van der Waals surface area (Å²) in [5.74, 6) is -3.90. The van der Waals surface area contributed by atoms with Crippen molar-refractivity contribution in [3.05, 3.63) is 70.1 Å². The molecule has 18 heteroatoms. The number of nitrogens with zero attached hydrogens (tertiary/aromatic N) is 4.